The third-order valence-electron chi connectivity index (χ3n) is 6.04. The molecule has 37 heavy (non-hydrogen) atoms. The van der Waals surface area contributed by atoms with E-state index >= 15 is 0 Å². The van der Waals surface area contributed by atoms with Crippen LogP contribution in [0.2, 0.25) is 0 Å². The molecule has 192 valence electrons. The number of hydrazine groups is 1. The second-order valence-corrected chi connectivity index (χ2v) is 8.74. The van der Waals surface area contributed by atoms with Crippen molar-refractivity contribution in [2.24, 2.45) is 5.92 Å². The van der Waals surface area contributed by atoms with Crippen molar-refractivity contribution < 1.29 is 23.9 Å². The van der Waals surface area contributed by atoms with Gasteiger partial charge in [-0.3, -0.25) is 25.2 Å². The maximum absolute atomic E-state index is 12.9. The van der Waals surface area contributed by atoms with Gasteiger partial charge in [0.05, 0.1) is 18.7 Å². The summed E-state index contributed by atoms with van der Waals surface area (Å²) in [6, 6.07) is 22.3. The van der Waals surface area contributed by atoms with Crippen LogP contribution in [0.1, 0.15) is 17.5 Å². The molecule has 9 heteroatoms. The van der Waals surface area contributed by atoms with Gasteiger partial charge in [0.15, 0.2) is 18.1 Å². The zero-order valence-corrected chi connectivity index (χ0v) is 20.8. The lowest BCUT2D eigenvalue weighted by Crippen LogP contribution is -2.36. The molecule has 3 amide bonds. The SMILES string of the molecule is COc1cccc(NNC(=O)[C@@H]2CC(=O)N(c3ccc(C)cc3)C2)c1OCC(=O)NCc1ccccc1. The highest BCUT2D eigenvalue weighted by atomic mass is 16.5. The van der Waals surface area contributed by atoms with Gasteiger partial charge in [-0.2, -0.15) is 0 Å². The van der Waals surface area contributed by atoms with E-state index in [1.807, 2.05) is 61.5 Å². The fraction of sp³-hybridized carbons (Fsp3) is 0.250. The van der Waals surface area contributed by atoms with E-state index < -0.39 is 5.92 Å². The monoisotopic (exact) mass is 502 g/mol. The fourth-order valence-corrected chi connectivity index (χ4v) is 4.00. The number of aryl methyl sites for hydroxylation is 1. The maximum atomic E-state index is 12.9. The van der Waals surface area contributed by atoms with Crippen molar-refractivity contribution in [1.82, 2.24) is 10.7 Å². The maximum Gasteiger partial charge on any atom is 0.258 e. The fourth-order valence-electron chi connectivity index (χ4n) is 4.00. The topological polar surface area (TPSA) is 109 Å². The van der Waals surface area contributed by atoms with E-state index in [2.05, 4.69) is 16.2 Å². The van der Waals surface area contributed by atoms with Crippen LogP contribution in [-0.2, 0) is 20.9 Å². The van der Waals surface area contributed by atoms with Gasteiger partial charge in [-0.05, 0) is 36.8 Å². The number of rotatable bonds is 10. The molecule has 1 aliphatic rings. The minimum Gasteiger partial charge on any atom is -0.493 e. The lowest BCUT2D eigenvalue weighted by molar-refractivity contribution is -0.126. The van der Waals surface area contributed by atoms with E-state index in [4.69, 9.17) is 9.47 Å². The summed E-state index contributed by atoms with van der Waals surface area (Å²) in [4.78, 5) is 39.3. The van der Waals surface area contributed by atoms with Gasteiger partial charge in [0.1, 0.15) is 0 Å². The van der Waals surface area contributed by atoms with E-state index in [1.54, 1.807) is 23.1 Å². The number of benzene rings is 3. The number of carbonyl (C=O) groups is 3. The van der Waals surface area contributed by atoms with Gasteiger partial charge in [0.25, 0.3) is 5.91 Å². The quantitative estimate of drug-likeness (QED) is 0.368. The van der Waals surface area contributed by atoms with E-state index in [-0.39, 0.29) is 36.5 Å². The van der Waals surface area contributed by atoms with Crippen LogP contribution < -0.4 is 30.5 Å². The number of nitrogens with one attached hydrogen (secondary N) is 3. The first-order valence-electron chi connectivity index (χ1n) is 12.0. The number of hydrogen-bond acceptors (Lipinski definition) is 6. The Morgan fingerprint density at radius 1 is 1.00 bits per heavy atom. The second-order valence-electron chi connectivity index (χ2n) is 8.74. The van der Waals surface area contributed by atoms with Gasteiger partial charge in [0.2, 0.25) is 11.8 Å². The number of anilines is 2. The Labute approximate surface area is 215 Å². The Morgan fingerprint density at radius 2 is 1.76 bits per heavy atom. The number of para-hydroxylation sites is 1. The molecule has 1 fully saturated rings. The van der Waals surface area contributed by atoms with Crippen LogP contribution in [-0.4, -0.2) is 38.0 Å². The molecule has 0 aliphatic carbocycles. The van der Waals surface area contributed by atoms with Crippen LogP contribution in [0.3, 0.4) is 0 Å². The molecule has 9 nitrogen and oxygen atoms in total. The molecule has 0 unspecified atom stereocenters. The van der Waals surface area contributed by atoms with Crippen molar-refractivity contribution in [3.05, 3.63) is 83.9 Å². The normalized spacial score (nSPS) is 14.7. The average molecular weight is 503 g/mol. The van der Waals surface area contributed by atoms with Gasteiger partial charge < -0.3 is 19.7 Å². The van der Waals surface area contributed by atoms with Crippen molar-refractivity contribution >= 4 is 29.1 Å². The molecule has 0 bridgehead atoms. The predicted molar refractivity (Wildman–Crippen MR) is 140 cm³/mol. The number of ether oxygens (including phenoxy) is 2. The molecule has 0 spiro atoms. The molecule has 3 aromatic carbocycles. The molecular formula is C28H30N4O5. The van der Waals surface area contributed by atoms with Crippen LogP contribution in [0.4, 0.5) is 11.4 Å². The molecule has 1 heterocycles. The van der Waals surface area contributed by atoms with Gasteiger partial charge in [-0.25, -0.2) is 0 Å². The molecule has 3 aromatic rings. The number of carbonyl (C=O) groups excluding carboxylic acids is 3. The molecule has 0 saturated carbocycles. The van der Waals surface area contributed by atoms with Gasteiger partial charge in [-0.15, -0.1) is 0 Å². The van der Waals surface area contributed by atoms with E-state index in [0.717, 1.165) is 16.8 Å². The lowest BCUT2D eigenvalue weighted by atomic mass is 10.1. The summed E-state index contributed by atoms with van der Waals surface area (Å²) in [7, 11) is 1.49. The van der Waals surface area contributed by atoms with Gasteiger partial charge in [-0.1, -0.05) is 54.1 Å². The smallest absolute Gasteiger partial charge is 0.258 e. The largest absolute Gasteiger partial charge is 0.493 e. The van der Waals surface area contributed by atoms with Gasteiger partial charge in [0, 0.05) is 25.2 Å². The Bertz CT molecular complexity index is 1250. The van der Waals surface area contributed by atoms with Crippen LogP contribution in [0, 0.1) is 12.8 Å². The van der Waals surface area contributed by atoms with Crippen LogP contribution in [0.15, 0.2) is 72.8 Å². The van der Waals surface area contributed by atoms with E-state index in [9.17, 15) is 14.4 Å². The molecule has 1 aliphatic heterocycles. The summed E-state index contributed by atoms with van der Waals surface area (Å²) in [5, 5.41) is 2.81. The third-order valence-corrected chi connectivity index (χ3v) is 6.04. The highest BCUT2D eigenvalue weighted by molar-refractivity contribution is 6.00. The predicted octanol–water partition coefficient (Wildman–Crippen LogP) is 3.20. The summed E-state index contributed by atoms with van der Waals surface area (Å²) >= 11 is 0. The Balaban J connectivity index is 1.34. The molecular weight excluding hydrogens is 472 g/mol. The molecule has 1 atom stereocenters. The minimum absolute atomic E-state index is 0.101. The molecule has 0 radical (unpaired) electrons. The summed E-state index contributed by atoms with van der Waals surface area (Å²) < 4.78 is 11.1. The molecule has 4 rings (SSSR count). The van der Waals surface area contributed by atoms with Crippen molar-refractivity contribution in [2.75, 3.05) is 30.6 Å². The molecule has 3 N–H and O–H groups in total. The van der Waals surface area contributed by atoms with Crippen LogP contribution in [0.5, 0.6) is 11.5 Å². The van der Waals surface area contributed by atoms with Crippen molar-refractivity contribution in [1.29, 1.82) is 0 Å². The Kier molecular flexibility index (Phi) is 8.25. The first-order valence-corrected chi connectivity index (χ1v) is 12.0. The number of hydrogen-bond donors (Lipinski definition) is 3. The number of amides is 3. The zero-order chi connectivity index (χ0) is 26.2. The summed E-state index contributed by atoms with van der Waals surface area (Å²) in [5.41, 5.74) is 8.79. The summed E-state index contributed by atoms with van der Waals surface area (Å²) in [6.07, 6.45) is 0.116. The van der Waals surface area contributed by atoms with Crippen LogP contribution in [0.25, 0.3) is 0 Å². The number of nitrogens with zero attached hydrogens (tertiary/aromatic N) is 1. The molecule has 0 aromatic heterocycles. The van der Waals surface area contributed by atoms with E-state index in [1.165, 1.54) is 7.11 Å². The third kappa shape index (κ3) is 6.58. The Hall–Kier alpha value is -4.53. The molecule has 1 saturated heterocycles. The standard InChI is InChI=1S/C28H30N4O5/c1-19-11-13-22(14-12-19)32-17-21(15-26(32)34)28(35)31-30-23-9-6-10-24(36-2)27(23)37-18-25(33)29-16-20-7-4-3-5-8-20/h3-14,21,30H,15-18H2,1-2H3,(H,29,33)(H,31,35)/t21-/m1/s1. The first-order chi connectivity index (χ1) is 17.9. The highest BCUT2D eigenvalue weighted by Gasteiger charge is 2.35. The summed E-state index contributed by atoms with van der Waals surface area (Å²) in [5.74, 6) is -0.556. The second kappa shape index (κ2) is 11.9. The Morgan fingerprint density at radius 3 is 2.49 bits per heavy atom. The lowest BCUT2D eigenvalue weighted by Gasteiger charge is -2.18. The van der Waals surface area contributed by atoms with E-state index in [0.29, 0.717) is 24.5 Å². The van der Waals surface area contributed by atoms with Crippen molar-refractivity contribution in [2.45, 2.75) is 19.9 Å². The number of methoxy groups -OCH3 is 1. The summed E-state index contributed by atoms with van der Waals surface area (Å²) in [6.45, 7) is 2.41. The average Bonchev–Trinajstić information content (AvgIpc) is 3.32. The first kappa shape index (κ1) is 25.6. The van der Waals surface area contributed by atoms with Crippen molar-refractivity contribution in [3.8, 4) is 11.5 Å². The van der Waals surface area contributed by atoms with Crippen LogP contribution >= 0.6 is 0 Å². The minimum atomic E-state index is -0.514. The zero-order valence-electron chi connectivity index (χ0n) is 20.8. The highest BCUT2D eigenvalue weighted by Crippen LogP contribution is 2.35. The van der Waals surface area contributed by atoms with Crippen molar-refractivity contribution in [3.63, 3.8) is 0 Å². The van der Waals surface area contributed by atoms with Gasteiger partial charge >= 0.3 is 0 Å².